The van der Waals surface area contributed by atoms with Crippen LogP contribution in [0, 0.1) is 40.4 Å². The van der Waals surface area contributed by atoms with E-state index >= 15 is 0 Å². The van der Waals surface area contributed by atoms with Gasteiger partial charge in [-0.25, -0.2) is 0 Å². The molecule has 3 saturated carbocycles. The molecule has 180 valence electrons. The van der Waals surface area contributed by atoms with Gasteiger partial charge in [0.2, 0.25) is 11.8 Å². The number of anilines is 1. The molecule has 2 amide bonds. The second-order valence-electron chi connectivity index (χ2n) is 12.2. The fourth-order valence-electron chi connectivity index (χ4n) is 9.21. The van der Waals surface area contributed by atoms with Crippen molar-refractivity contribution in [3.63, 3.8) is 0 Å². The first-order chi connectivity index (χ1) is 15.7. The van der Waals surface area contributed by atoms with E-state index in [-0.39, 0.29) is 11.3 Å². The number of carbonyl (C=O) groups is 2. The lowest BCUT2D eigenvalue weighted by molar-refractivity contribution is -0.159. The summed E-state index contributed by atoms with van der Waals surface area (Å²) < 4.78 is 0. The molecule has 1 saturated heterocycles. The summed E-state index contributed by atoms with van der Waals surface area (Å²) in [6.45, 7) is 7.35. The zero-order valence-corrected chi connectivity index (χ0v) is 20.8. The minimum Gasteiger partial charge on any atom is -0.342 e. The number of hydrogen-bond acceptors (Lipinski definition) is 3. The Bertz CT molecular complexity index is 904. The first-order valence-electron chi connectivity index (χ1n) is 13.2. The number of piperidine rings is 1. The molecule has 1 aromatic rings. The fraction of sp³-hybridized carbons (Fsp3) is 0.750. The smallest absolute Gasteiger partial charge is 0.224 e. The molecule has 5 nitrogen and oxygen atoms in total. The zero-order valence-electron chi connectivity index (χ0n) is 20.8. The van der Waals surface area contributed by atoms with Crippen molar-refractivity contribution in [1.82, 2.24) is 9.88 Å². The van der Waals surface area contributed by atoms with Gasteiger partial charge >= 0.3 is 0 Å². The number of nitrogens with zero attached hydrogens (tertiary/aromatic N) is 2. The van der Waals surface area contributed by atoms with Crippen LogP contribution in [0.15, 0.2) is 24.5 Å². The standard InChI is InChI=1S/C28H41N3O2/c1-18(17-25(32)30-19-11-15-29-16-12-19)21-6-7-22-20-5-8-24-28(3,14-10-26(33)31(24)4)23(20)9-13-27(21,22)2/h11-12,15-16,18,20-24H,5-10,13-14,17H2,1-4H3,(H,29,30,32)/t18-,20+,21-,22+,23+,24-,27-,28-/m1/s1. The third-order valence-electron chi connectivity index (χ3n) is 10.8. The third kappa shape index (κ3) is 3.70. The molecule has 0 aromatic carbocycles. The van der Waals surface area contributed by atoms with Crippen molar-refractivity contribution in [3.8, 4) is 0 Å². The summed E-state index contributed by atoms with van der Waals surface area (Å²) in [6.07, 6.45) is 13.4. The topological polar surface area (TPSA) is 62.3 Å². The van der Waals surface area contributed by atoms with Crippen molar-refractivity contribution in [3.05, 3.63) is 24.5 Å². The van der Waals surface area contributed by atoms with Gasteiger partial charge in [0, 0.05) is 44.0 Å². The van der Waals surface area contributed by atoms with Gasteiger partial charge in [0.25, 0.3) is 0 Å². The van der Waals surface area contributed by atoms with Crippen LogP contribution < -0.4 is 5.32 Å². The number of pyridine rings is 1. The van der Waals surface area contributed by atoms with E-state index in [0.29, 0.717) is 35.6 Å². The van der Waals surface area contributed by atoms with Crippen LogP contribution in [0.5, 0.6) is 0 Å². The third-order valence-corrected chi connectivity index (χ3v) is 10.8. The number of fused-ring (bicyclic) bond motifs is 5. The van der Waals surface area contributed by atoms with E-state index in [2.05, 4.69) is 36.0 Å². The predicted molar refractivity (Wildman–Crippen MR) is 130 cm³/mol. The largest absolute Gasteiger partial charge is 0.342 e. The van der Waals surface area contributed by atoms with Crippen molar-refractivity contribution < 1.29 is 9.59 Å². The lowest BCUT2D eigenvalue weighted by atomic mass is 9.46. The highest BCUT2D eigenvalue weighted by atomic mass is 16.2. The van der Waals surface area contributed by atoms with Gasteiger partial charge in [0.1, 0.15) is 0 Å². The summed E-state index contributed by atoms with van der Waals surface area (Å²) in [5.74, 6) is 3.78. The number of amides is 2. The molecule has 1 N–H and O–H groups in total. The quantitative estimate of drug-likeness (QED) is 0.655. The first-order valence-corrected chi connectivity index (χ1v) is 13.2. The molecule has 8 atom stereocenters. The molecule has 1 aliphatic heterocycles. The van der Waals surface area contributed by atoms with E-state index < -0.39 is 0 Å². The SMILES string of the molecule is C[C@H](CC(=O)Nc1ccncc1)[C@H]1CC[C@H]2[C@@H]3CC[C@H]4N(C)C(=O)CC[C@]4(C)[C@H]3CC[C@]12C. The molecular formula is C28H41N3O2. The molecule has 0 unspecified atom stereocenters. The van der Waals surface area contributed by atoms with E-state index in [1.54, 1.807) is 12.4 Å². The van der Waals surface area contributed by atoms with Crippen molar-refractivity contribution in [2.24, 2.45) is 40.4 Å². The number of likely N-dealkylation sites (tertiary alicyclic amines) is 1. The summed E-state index contributed by atoms with van der Waals surface area (Å²) in [7, 11) is 2.04. The van der Waals surface area contributed by atoms with Gasteiger partial charge in [-0.05, 0) is 97.5 Å². The number of aromatic nitrogens is 1. The van der Waals surface area contributed by atoms with E-state index in [1.807, 2.05) is 19.2 Å². The summed E-state index contributed by atoms with van der Waals surface area (Å²) in [6, 6.07) is 4.13. The monoisotopic (exact) mass is 451 g/mol. The van der Waals surface area contributed by atoms with E-state index in [9.17, 15) is 9.59 Å². The highest BCUT2D eigenvalue weighted by Gasteiger charge is 2.61. The molecule has 3 aliphatic carbocycles. The van der Waals surface area contributed by atoms with Crippen LogP contribution >= 0.6 is 0 Å². The number of nitrogens with one attached hydrogen (secondary N) is 1. The highest BCUT2D eigenvalue weighted by Crippen LogP contribution is 2.67. The molecule has 1 aromatic heterocycles. The fourth-order valence-corrected chi connectivity index (χ4v) is 9.21. The molecule has 5 rings (SSSR count). The van der Waals surface area contributed by atoms with Crippen LogP contribution in [-0.2, 0) is 9.59 Å². The van der Waals surface area contributed by atoms with Crippen molar-refractivity contribution in [1.29, 1.82) is 0 Å². The Balaban J connectivity index is 1.28. The highest BCUT2D eigenvalue weighted by molar-refractivity contribution is 5.90. The van der Waals surface area contributed by atoms with E-state index in [4.69, 9.17) is 0 Å². The Morgan fingerprint density at radius 3 is 2.58 bits per heavy atom. The van der Waals surface area contributed by atoms with Crippen molar-refractivity contribution in [2.45, 2.75) is 84.6 Å². The summed E-state index contributed by atoms with van der Waals surface area (Å²) in [4.78, 5) is 31.3. The summed E-state index contributed by atoms with van der Waals surface area (Å²) >= 11 is 0. The van der Waals surface area contributed by atoms with Gasteiger partial charge in [-0.1, -0.05) is 20.8 Å². The Hall–Kier alpha value is -1.91. The predicted octanol–water partition coefficient (Wildman–Crippen LogP) is 5.53. The number of rotatable bonds is 4. The maximum absolute atomic E-state index is 12.8. The maximum atomic E-state index is 12.8. The first kappa shape index (κ1) is 22.9. The Kier molecular flexibility index (Phi) is 5.81. The van der Waals surface area contributed by atoms with Crippen molar-refractivity contribution >= 4 is 17.5 Å². The second-order valence-corrected chi connectivity index (χ2v) is 12.2. The van der Waals surface area contributed by atoms with Gasteiger partial charge in [-0.3, -0.25) is 14.6 Å². The van der Waals surface area contributed by atoms with Crippen LogP contribution in [0.25, 0.3) is 0 Å². The molecule has 33 heavy (non-hydrogen) atoms. The Morgan fingerprint density at radius 1 is 1.09 bits per heavy atom. The minimum absolute atomic E-state index is 0.123. The molecule has 4 fully saturated rings. The van der Waals surface area contributed by atoms with Gasteiger partial charge < -0.3 is 10.2 Å². The van der Waals surface area contributed by atoms with Gasteiger partial charge in [0.05, 0.1) is 0 Å². The van der Waals surface area contributed by atoms with Crippen LogP contribution in [-0.4, -0.2) is 34.8 Å². The average Bonchev–Trinajstić information content (AvgIpc) is 3.14. The molecule has 4 aliphatic rings. The van der Waals surface area contributed by atoms with Gasteiger partial charge in [-0.15, -0.1) is 0 Å². The Morgan fingerprint density at radius 2 is 1.82 bits per heavy atom. The average molecular weight is 452 g/mol. The molecular weight excluding hydrogens is 410 g/mol. The molecule has 0 bridgehead atoms. The second kappa shape index (κ2) is 8.39. The zero-order chi connectivity index (χ0) is 23.4. The lowest BCUT2D eigenvalue weighted by Gasteiger charge is -2.62. The van der Waals surface area contributed by atoms with Gasteiger partial charge in [-0.2, -0.15) is 0 Å². The van der Waals surface area contributed by atoms with E-state index in [0.717, 1.165) is 36.3 Å². The summed E-state index contributed by atoms with van der Waals surface area (Å²) in [5, 5.41) is 3.06. The Labute approximate surface area is 199 Å². The normalized spacial score (nSPS) is 41.0. The molecule has 5 heteroatoms. The summed E-state index contributed by atoms with van der Waals surface area (Å²) in [5.41, 5.74) is 1.46. The number of carbonyl (C=O) groups excluding carboxylic acids is 2. The lowest BCUT2D eigenvalue weighted by Crippen LogP contribution is -2.61. The molecule has 0 radical (unpaired) electrons. The van der Waals surface area contributed by atoms with Gasteiger partial charge in [0.15, 0.2) is 0 Å². The maximum Gasteiger partial charge on any atom is 0.224 e. The van der Waals surface area contributed by atoms with Crippen LogP contribution in [0.3, 0.4) is 0 Å². The van der Waals surface area contributed by atoms with Crippen LogP contribution in [0.4, 0.5) is 5.69 Å². The number of hydrogen-bond donors (Lipinski definition) is 1. The molecule has 0 spiro atoms. The molecule has 2 heterocycles. The van der Waals surface area contributed by atoms with Crippen LogP contribution in [0.2, 0.25) is 0 Å². The van der Waals surface area contributed by atoms with E-state index in [1.165, 1.54) is 38.5 Å². The minimum atomic E-state index is 0.123. The van der Waals surface area contributed by atoms with Crippen LogP contribution in [0.1, 0.15) is 78.6 Å². The van der Waals surface area contributed by atoms with Crippen molar-refractivity contribution in [2.75, 3.05) is 12.4 Å².